The molecule has 0 radical (unpaired) electrons. The molecule has 3 aliphatic heterocycles. The van der Waals surface area contributed by atoms with E-state index >= 15 is 0 Å². The molecule has 3 heterocycles. The molecule has 1 saturated heterocycles. The lowest BCUT2D eigenvalue weighted by molar-refractivity contribution is 0.0283. The number of rotatable bonds is 3. The van der Waals surface area contributed by atoms with Gasteiger partial charge in [0.25, 0.3) is 11.8 Å². The lowest BCUT2D eigenvalue weighted by atomic mass is 10.0. The van der Waals surface area contributed by atoms with Gasteiger partial charge in [-0.25, -0.2) is 0 Å². The maximum absolute atomic E-state index is 12.6. The molecule has 7 nitrogen and oxygen atoms in total. The van der Waals surface area contributed by atoms with Crippen LogP contribution in [0.2, 0.25) is 0 Å². The minimum absolute atomic E-state index is 0.0611. The van der Waals surface area contributed by atoms with Crippen LogP contribution in [0.15, 0.2) is 12.1 Å². The molecule has 124 valence electrons. The van der Waals surface area contributed by atoms with Crippen LogP contribution >= 0.6 is 0 Å². The van der Waals surface area contributed by atoms with E-state index in [9.17, 15) is 9.59 Å². The van der Waals surface area contributed by atoms with Gasteiger partial charge in [0, 0.05) is 25.9 Å². The van der Waals surface area contributed by atoms with Crippen LogP contribution in [0.5, 0.6) is 11.5 Å². The molecule has 0 saturated carbocycles. The van der Waals surface area contributed by atoms with Gasteiger partial charge < -0.3 is 19.3 Å². The second-order valence-corrected chi connectivity index (χ2v) is 6.16. The Bertz CT molecular complexity index is 755. The molecule has 1 unspecified atom stereocenters. The number of carbonyl (C=O) groups is 2. The summed E-state index contributed by atoms with van der Waals surface area (Å²) in [7, 11) is 0. The molecule has 1 aromatic rings. The van der Waals surface area contributed by atoms with Crippen molar-refractivity contribution in [2.24, 2.45) is 0 Å². The number of benzene rings is 1. The van der Waals surface area contributed by atoms with Crippen LogP contribution in [0.25, 0.3) is 0 Å². The summed E-state index contributed by atoms with van der Waals surface area (Å²) in [6.07, 6.45) is 2.52. The molecule has 1 aromatic carbocycles. The van der Waals surface area contributed by atoms with Crippen molar-refractivity contribution in [1.82, 2.24) is 9.80 Å². The van der Waals surface area contributed by atoms with E-state index in [0.29, 0.717) is 48.6 Å². The highest BCUT2D eigenvalue weighted by atomic mass is 16.5. The largest absolute Gasteiger partial charge is 0.472 e. The van der Waals surface area contributed by atoms with Crippen molar-refractivity contribution in [1.29, 1.82) is 5.26 Å². The van der Waals surface area contributed by atoms with E-state index < -0.39 is 0 Å². The number of carbonyl (C=O) groups excluding carboxylic acids is 2. The van der Waals surface area contributed by atoms with Gasteiger partial charge in [0.15, 0.2) is 13.0 Å². The predicted molar refractivity (Wildman–Crippen MR) is 82.5 cm³/mol. The number of hydrogen-bond acceptors (Lipinski definition) is 5. The second-order valence-electron chi connectivity index (χ2n) is 6.16. The number of nitrogens with zero attached hydrogens (tertiary/aromatic N) is 3. The Hall–Kier alpha value is -2.75. The maximum atomic E-state index is 12.6. The van der Waals surface area contributed by atoms with E-state index in [1.54, 1.807) is 21.9 Å². The summed E-state index contributed by atoms with van der Waals surface area (Å²) < 4.78 is 11.6. The number of fused-ring (bicyclic) bond motifs is 3. The fourth-order valence-electron chi connectivity index (χ4n) is 3.39. The molecule has 7 heteroatoms. The van der Waals surface area contributed by atoms with E-state index in [1.165, 1.54) is 0 Å². The Labute approximate surface area is 139 Å². The summed E-state index contributed by atoms with van der Waals surface area (Å²) in [5.74, 6) is 0.665. The smallest absolute Gasteiger partial charge is 0.260 e. The van der Waals surface area contributed by atoms with Crippen LogP contribution < -0.4 is 9.47 Å². The predicted octanol–water partition coefficient (Wildman–Crippen LogP) is 1.74. The standard InChI is InChI=1S/C17H17N3O4/c18-5-1-2-6-19-10-23-13-8-12-14(9-11(13)16(19)21)24-15-4-3-7-20(15)17(12)22/h8-9,15H,1-4,6-7,10H2. The van der Waals surface area contributed by atoms with Gasteiger partial charge in [0.2, 0.25) is 0 Å². The summed E-state index contributed by atoms with van der Waals surface area (Å²) in [6, 6.07) is 5.31. The van der Waals surface area contributed by atoms with Crippen LogP contribution in [-0.2, 0) is 0 Å². The zero-order chi connectivity index (χ0) is 16.7. The Balaban J connectivity index is 1.63. The first kappa shape index (κ1) is 14.8. The van der Waals surface area contributed by atoms with Gasteiger partial charge in [-0.15, -0.1) is 0 Å². The van der Waals surface area contributed by atoms with Crippen LogP contribution in [0.3, 0.4) is 0 Å². The van der Waals surface area contributed by atoms with Gasteiger partial charge in [0.1, 0.15) is 11.5 Å². The van der Waals surface area contributed by atoms with E-state index in [4.69, 9.17) is 14.7 Å². The third kappa shape index (κ3) is 2.26. The average molecular weight is 327 g/mol. The highest BCUT2D eigenvalue weighted by Gasteiger charge is 2.39. The minimum Gasteiger partial charge on any atom is -0.472 e. The van der Waals surface area contributed by atoms with Crippen molar-refractivity contribution in [2.45, 2.75) is 31.9 Å². The van der Waals surface area contributed by atoms with Crippen molar-refractivity contribution in [3.8, 4) is 17.6 Å². The summed E-state index contributed by atoms with van der Waals surface area (Å²) in [4.78, 5) is 28.5. The monoisotopic (exact) mass is 327 g/mol. The van der Waals surface area contributed by atoms with Gasteiger partial charge in [-0.1, -0.05) is 0 Å². The summed E-state index contributed by atoms with van der Waals surface area (Å²) in [5, 5.41) is 8.61. The fourth-order valence-corrected chi connectivity index (χ4v) is 3.39. The van der Waals surface area contributed by atoms with Gasteiger partial charge in [-0.05, 0) is 25.0 Å². The second kappa shape index (κ2) is 5.71. The van der Waals surface area contributed by atoms with E-state index in [0.717, 1.165) is 12.8 Å². The fraction of sp³-hybridized carbons (Fsp3) is 0.471. The van der Waals surface area contributed by atoms with Gasteiger partial charge in [-0.3, -0.25) is 9.59 Å². The first-order chi connectivity index (χ1) is 11.7. The Morgan fingerprint density at radius 1 is 1.21 bits per heavy atom. The molecule has 4 rings (SSSR count). The zero-order valence-corrected chi connectivity index (χ0v) is 13.2. The van der Waals surface area contributed by atoms with Crippen molar-refractivity contribution in [2.75, 3.05) is 19.8 Å². The van der Waals surface area contributed by atoms with Crippen LogP contribution in [-0.4, -0.2) is 47.7 Å². The molecule has 3 aliphatic rings. The highest BCUT2D eigenvalue weighted by Crippen LogP contribution is 2.38. The lowest BCUT2D eigenvalue weighted by Gasteiger charge is -2.34. The number of hydrogen-bond donors (Lipinski definition) is 0. The summed E-state index contributed by atoms with van der Waals surface area (Å²) in [5.41, 5.74) is 0.869. The van der Waals surface area contributed by atoms with Gasteiger partial charge in [0.05, 0.1) is 17.2 Å². The van der Waals surface area contributed by atoms with Crippen molar-refractivity contribution < 1.29 is 19.1 Å². The van der Waals surface area contributed by atoms with Gasteiger partial charge >= 0.3 is 0 Å². The molecule has 0 aromatic heterocycles. The first-order valence-electron chi connectivity index (χ1n) is 8.14. The molecule has 0 aliphatic carbocycles. The Morgan fingerprint density at radius 3 is 2.83 bits per heavy atom. The Morgan fingerprint density at radius 2 is 2.00 bits per heavy atom. The molecule has 1 fully saturated rings. The first-order valence-corrected chi connectivity index (χ1v) is 8.14. The summed E-state index contributed by atoms with van der Waals surface area (Å²) >= 11 is 0. The van der Waals surface area contributed by atoms with Crippen LogP contribution in [0.4, 0.5) is 0 Å². The quantitative estimate of drug-likeness (QED) is 0.790. The highest BCUT2D eigenvalue weighted by molar-refractivity contribution is 6.03. The van der Waals surface area contributed by atoms with Crippen molar-refractivity contribution in [3.63, 3.8) is 0 Å². The molecular weight excluding hydrogens is 310 g/mol. The minimum atomic E-state index is -0.227. The molecule has 0 bridgehead atoms. The number of unbranched alkanes of at least 4 members (excludes halogenated alkanes) is 1. The topological polar surface area (TPSA) is 82.9 Å². The molecule has 1 atom stereocenters. The van der Waals surface area contributed by atoms with E-state index in [-0.39, 0.29) is 24.8 Å². The van der Waals surface area contributed by atoms with Crippen molar-refractivity contribution >= 4 is 11.8 Å². The van der Waals surface area contributed by atoms with Crippen molar-refractivity contribution in [3.05, 3.63) is 23.3 Å². The average Bonchev–Trinajstić information content (AvgIpc) is 3.05. The molecule has 2 amide bonds. The third-order valence-electron chi connectivity index (χ3n) is 4.64. The zero-order valence-electron chi connectivity index (χ0n) is 13.2. The summed E-state index contributed by atoms with van der Waals surface area (Å²) in [6.45, 7) is 1.31. The number of nitriles is 1. The number of ether oxygens (including phenoxy) is 2. The Kier molecular flexibility index (Phi) is 3.53. The molecule has 0 N–H and O–H groups in total. The maximum Gasteiger partial charge on any atom is 0.260 e. The molecule has 0 spiro atoms. The lowest BCUT2D eigenvalue weighted by Crippen LogP contribution is -2.44. The third-order valence-corrected chi connectivity index (χ3v) is 4.64. The number of amides is 2. The van der Waals surface area contributed by atoms with Crippen LogP contribution in [0, 0.1) is 11.3 Å². The normalized spacial score (nSPS) is 21.4. The van der Waals surface area contributed by atoms with Crippen LogP contribution in [0.1, 0.15) is 46.4 Å². The SMILES string of the molecule is N#CCCCN1COc2cc3c(cc2C1=O)OC1CCCN1C3=O. The molecule has 24 heavy (non-hydrogen) atoms. The van der Waals surface area contributed by atoms with Gasteiger partial charge in [-0.2, -0.15) is 5.26 Å². The van der Waals surface area contributed by atoms with E-state index in [2.05, 4.69) is 6.07 Å². The molecular formula is C17H17N3O4. The van der Waals surface area contributed by atoms with E-state index in [1.807, 2.05) is 0 Å².